The predicted molar refractivity (Wildman–Crippen MR) is 115 cm³/mol. The second kappa shape index (κ2) is 8.97. The Bertz CT molecular complexity index is 998. The summed E-state index contributed by atoms with van der Waals surface area (Å²) in [5.41, 5.74) is 3.50. The Morgan fingerprint density at radius 3 is 2.14 bits per heavy atom. The minimum Gasteiger partial charge on any atom is -0.339 e. The molecule has 2 amide bonds. The van der Waals surface area contributed by atoms with Crippen molar-refractivity contribution in [2.24, 2.45) is 0 Å². The van der Waals surface area contributed by atoms with Crippen LogP contribution in [-0.2, 0) is 4.79 Å². The summed E-state index contributed by atoms with van der Waals surface area (Å²) in [7, 11) is 0. The van der Waals surface area contributed by atoms with Crippen LogP contribution >= 0.6 is 0 Å². The van der Waals surface area contributed by atoms with E-state index in [0.717, 1.165) is 5.69 Å². The highest BCUT2D eigenvalue weighted by molar-refractivity contribution is 6.03. The van der Waals surface area contributed by atoms with Crippen molar-refractivity contribution in [2.45, 2.75) is 26.7 Å². The van der Waals surface area contributed by atoms with E-state index in [0.29, 0.717) is 23.1 Å². The Balaban J connectivity index is 1.63. The van der Waals surface area contributed by atoms with E-state index in [1.54, 1.807) is 24.3 Å². The molecule has 148 valence electrons. The fraction of sp³-hybridized carbons (Fsp3) is 0.182. The van der Waals surface area contributed by atoms with Crippen molar-refractivity contribution >= 4 is 34.7 Å². The van der Waals surface area contributed by atoms with Gasteiger partial charge in [-0.2, -0.15) is 0 Å². The first kappa shape index (κ1) is 20.0. The molecule has 0 saturated carbocycles. The van der Waals surface area contributed by atoms with Crippen molar-refractivity contribution < 1.29 is 9.59 Å². The summed E-state index contributed by atoms with van der Waals surface area (Å²) in [6, 6.07) is 15.0. The van der Waals surface area contributed by atoms with Gasteiger partial charge in [0.1, 0.15) is 11.5 Å². The third kappa shape index (κ3) is 5.62. The quantitative estimate of drug-likeness (QED) is 0.575. The predicted octanol–water partition coefficient (Wildman–Crippen LogP) is 4.55. The van der Waals surface area contributed by atoms with Crippen LogP contribution in [-0.4, -0.2) is 21.8 Å². The van der Waals surface area contributed by atoms with Gasteiger partial charge in [-0.15, -0.1) is 0 Å². The van der Waals surface area contributed by atoms with Crippen LogP contribution in [0.1, 0.15) is 42.7 Å². The summed E-state index contributed by atoms with van der Waals surface area (Å²) < 4.78 is 0. The second-order valence-corrected chi connectivity index (χ2v) is 6.90. The molecule has 2 aromatic carbocycles. The maximum atomic E-state index is 12.4. The molecular formula is C22H23N5O2. The van der Waals surface area contributed by atoms with Crippen LogP contribution in [0, 0.1) is 0 Å². The molecule has 0 aliphatic heterocycles. The molecule has 0 radical (unpaired) electrons. The number of anilines is 4. The first-order valence-corrected chi connectivity index (χ1v) is 9.29. The van der Waals surface area contributed by atoms with E-state index < -0.39 is 0 Å². The fourth-order valence-corrected chi connectivity index (χ4v) is 2.68. The summed E-state index contributed by atoms with van der Waals surface area (Å²) in [4.78, 5) is 32.0. The molecular weight excluding hydrogens is 366 g/mol. The Labute approximate surface area is 169 Å². The lowest BCUT2D eigenvalue weighted by molar-refractivity contribution is -0.114. The van der Waals surface area contributed by atoms with Crippen LogP contribution in [0.3, 0.4) is 0 Å². The summed E-state index contributed by atoms with van der Waals surface area (Å²) in [5.74, 6) is 0.457. The summed E-state index contributed by atoms with van der Waals surface area (Å²) in [6.45, 7) is 5.72. The van der Waals surface area contributed by atoms with Gasteiger partial charge in [0, 0.05) is 24.0 Å². The topological polar surface area (TPSA) is 96.0 Å². The standard InChI is InChI=1S/C22H23N5O2/c1-14(2)16-7-9-17(10-8-16)26-21-13-23-20(12-24-21)22(29)27-19-6-4-5-18(11-19)25-15(3)28/h4-14H,1-3H3,(H,24,26)(H,25,28)(H,27,29). The number of nitrogens with zero attached hydrogens (tertiary/aromatic N) is 2. The summed E-state index contributed by atoms with van der Waals surface area (Å²) in [5, 5.41) is 8.58. The zero-order chi connectivity index (χ0) is 20.8. The zero-order valence-corrected chi connectivity index (χ0v) is 16.6. The van der Waals surface area contributed by atoms with Gasteiger partial charge in [0.25, 0.3) is 5.91 Å². The molecule has 3 rings (SSSR count). The summed E-state index contributed by atoms with van der Waals surface area (Å²) in [6.07, 6.45) is 2.93. The van der Waals surface area contributed by atoms with Crippen LogP contribution in [0.2, 0.25) is 0 Å². The first-order valence-electron chi connectivity index (χ1n) is 9.29. The Morgan fingerprint density at radius 1 is 0.862 bits per heavy atom. The molecule has 0 bridgehead atoms. The molecule has 3 N–H and O–H groups in total. The highest BCUT2D eigenvalue weighted by Crippen LogP contribution is 2.20. The van der Waals surface area contributed by atoms with Gasteiger partial charge in [-0.3, -0.25) is 9.59 Å². The van der Waals surface area contributed by atoms with Crippen LogP contribution < -0.4 is 16.0 Å². The van der Waals surface area contributed by atoms with Gasteiger partial charge in [0.15, 0.2) is 0 Å². The summed E-state index contributed by atoms with van der Waals surface area (Å²) >= 11 is 0. The molecule has 0 aliphatic carbocycles. The lowest BCUT2D eigenvalue weighted by Gasteiger charge is -2.09. The molecule has 29 heavy (non-hydrogen) atoms. The lowest BCUT2D eigenvalue weighted by atomic mass is 10.0. The van der Waals surface area contributed by atoms with Crippen molar-refractivity contribution in [1.82, 2.24) is 9.97 Å². The van der Waals surface area contributed by atoms with Gasteiger partial charge in [-0.1, -0.05) is 32.0 Å². The van der Waals surface area contributed by atoms with E-state index >= 15 is 0 Å². The van der Waals surface area contributed by atoms with E-state index in [1.165, 1.54) is 24.9 Å². The SMILES string of the molecule is CC(=O)Nc1cccc(NC(=O)c2cnc(Nc3ccc(C(C)C)cc3)cn2)c1. The number of benzene rings is 2. The Morgan fingerprint density at radius 2 is 1.55 bits per heavy atom. The smallest absolute Gasteiger partial charge is 0.275 e. The monoisotopic (exact) mass is 389 g/mol. The third-order valence-corrected chi connectivity index (χ3v) is 4.18. The van der Waals surface area contributed by atoms with Gasteiger partial charge in [0.2, 0.25) is 5.91 Å². The van der Waals surface area contributed by atoms with Crippen molar-refractivity contribution in [3.63, 3.8) is 0 Å². The average molecular weight is 389 g/mol. The molecule has 1 aromatic heterocycles. The number of hydrogen-bond acceptors (Lipinski definition) is 5. The number of amides is 2. The normalized spacial score (nSPS) is 10.5. The van der Waals surface area contributed by atoms with Crippen LogP contribution in [0.25, 0.3) is 0 Å². The van der Waals surface area contributed by atoms with Crippen molar-refractivity contribution in [2.75, 3.05) is 16.0 Å². The fourth-order valence-electron chi connectivity index (χ4n) is 2.68. The van der Waals surface area contributed by atoms with Crippen LogP contribution in [0.4, 0.5) is 22.9 Å². The van der Waals surface area contributed by atoms with Gasteiger partial charge in [-0.25, -0.2) is 9.97 Å². The first-order chi connectivity index (χ1) is 13.9. The number of rotatable bonds is 6. The number of aromatic nitrogens is 2. The van der Waals surface area contributed by atoms with Gasteiger partial charge in [0.05, 0.1) is 12.4 Å². The van der Waals surface area contributed by atoms with Crippen LogP contribution in [0.15, 0.2) is 60.9 Å². The van der Waals surface area contributed by atoms with E-state index in [9.17, 15) is 9.59 Å². The highest BCUT2D eigenvalue weighted by Gasteiger charge is 2.09. The minimum absolute atomic E-state index is 0.179. The molecule has 0 fully saturated rings. The van der Waals surface area contributed by atoms with E-state index in [1.807, 2.05) is 12.1 Å². The Kier molecular flexibility index (Phi) is 6.19. The number of hydrogen-bond donors (Lipinski definition) is 3. The molecule has 0 saturated heterocycles. The Hall–Kier alpha value is -3.74. The van der Waals surface area contributed by atoms with Crippen molar-refractivity contribution in [3.05, 3.63) is 72.2 Å². The number of carbonyl (C=O) groups is 2. The van der Waals surface area contributed by atoms with Gasteiger partial charge < -0.3 is 16.0 Å². The largest absolute Gasteiger partial charge is 0.339 e. The van der Waals surface area contributed by atoms with E-state index in [-0.39, 0.29) is 17.5 Å². The molecule has 7 heteroatoms. The van der Waals surface area contributed by atoms with Crippen molar-refractivity contribution in [1.29, 1.82) is 0 Å². The lowest BCUT2D eigenvalue weighted by Crippen LogP contribution is -2.14. The number of carbonyl (C=O) groups excluding carboxylic acids is 2. The molecule has 0 spiro atoms. The number of nitrogens with one attached hydrogen (secondary N) is 3. The minimum atomic E-state index is -0.384. The van der Waals surface area contributed by atoms with E-state index in [2.05, 4.69) is 51.9 Å². The van der Waals surface area contributed by atoms with Gasteiger partial charge >= 0.3 is 0 Å². The molecule has 0 aliphatic rings. The third-order valence-electron chi connectivity index (χ3n) is 4.18. The average Bonchev–Trinajstić information content (AvgIpc) is 2.68. The van der Waals surface area contributed by atoms with E-state index in [4.69, 9.17) is 0 Å². The molecule has 0 atom stereocenters. The van der Waals surface area contributed by atoms with Crippen molar-refractivity contribution in [3.8, 4) is 0 Å². The highest BCUT2D eigenvalue weighted by atomic mass is 16.2. The zero-order valence-electron chi connectivity index (χ0n) is 16.6. The molecule has 0 unspecified atom stereocenters. The van der Waals surface area contributed by atoms with Gasteiger partial charge in [-0.05, 0) is 41.8 Å². The molecule has 7 nitrogen and oxygen atoms in total. The maximum Gasteiger partial charge on any atom is 0.275 e. The van der Waals surface area contributed by atoms with Crippen LogP contribution in [0.5, 0.6) is 0 Å². The maximum absolute atomic E-state index is 12.4. The molecule has 1 heterocycles. The second-order valence-electron chi connectivity index (χ2n) is 6.90. The molecule has 3 aromatic rings.